The van der Waals surface area contributed by atoms with Crippen LogP contribution in [-0.4, -0.2) is 49.8 Å². The average molecular weight is 284 g/mol. The molecule has 0 aromatic carbocycles. The molecule has 3 heteroatoms. The maximum absolute atomic E-state index is 5.36. The summed E-state index contributed by atoms with van der Waals surface area (Å²) in [6.07, 6.45) is 5.09. The number of ether oxygens (including phenoxy) is 1. The van der Waals surface area contributed by atoms with Gasteiger partial charge in [0, 0.05) is 31.8 Å². The normalized spacial score (nSPS) is 25.8. The van der Waals surface area contributed by atoms with E-state index < -0.39 is 0 Å². The van der Waals surface area contributed by atoms with Gasteiger partial charge in [-0.05, 0) is 37.6 Å². The molecular weight excluding hydrogens is 248 g/mol. The van der Waals surface area contributed by atoms with E-state index in [1.807, 2.05) is 7.11 Å². The van der Waals surface area contributed by atoms with Crippen LogP contribution in [0, 0.1) is 5.41 Å². The van der Waals surface area contributed by atoms with Crippen LogP contribution in [0.5, 0.6) is 0 Å². The Morgan fingerprint density at radius 3 is 2.40 bits per heavy atom. The molecule has 1 fully saturated rings. The molecule has 0 aromatic heterocycles. The van der Waals surface area contributed by atoms with Crippen LogP contribution in [0.3, 0.4) is 0 Å². The number of hydrogen-bond donors (Lipinski definition) is 1. The van der Waals surface area contributed by atoms with Gasteiger partial charge in [0.15, 0.2) is 0 Å². The molecule has 0 radical (unpaired) electrons. The number of nitrogens with one attached hydrogen (secondary N) is 1. The fraction of sp³-hybridized carbons (Fsp3) is 1.00. The summed E-state index contributed by atoms with van der Waals surface area (Å²) in [5.74, 6) is 0. The minimum absolute atomic E-state index is 0.401. The number of hydrogen-bond acceptors (Lipinski definition) is 3. The zero-order valence-electron chi connectivity index (χ0n) is 14.5. The third-order valence-electron chi connectivity index (χ3n) is 5.13. The van der Waals surface area contributed by atoms with Crippen molar-refractivity contribution in [3.63, 3.8) is 0 Å². The Kier molecular flexibility index (Phi) is 7.49. The van der Waals surface area contributed by atoms with E-state index in [2.05, 4.69) is 44.8 Å². The molecule has 3 nitrogen and oxygen atoms in total. The van der Waals surface area contributed by atoms with Crippen molar-refractivity contribution in [2.75, 3.05) is 26.8 Å². The predicted molar refractivity (Wildman–Crippen MR) is 87.2 cm³/mol. The quantitative estimate of drug-likeness (QED) is 0.703. The van der Waals surface area contributed by atoms with E-state index in [1.165, 1.54) is 25.7 Å². The fourth-order valence-electron chi connectivity index (χ4n) is 3.93. The second kappa shape index (κ2) is 8.35. The van der Waals surface area contributed by atoms with Crippen molar-refractivity contribution in [3.8, 4) is 0 Å². The van der Waals surface area contributed by atoms with Crippen molar-refractivity contribution < 1.29 is 4.74 Å². The Bertz CT molecular complexity index is 264. The lowest BCUT2D eigenvalue weighted by Crippen LogP contribution is -2.55. The van der Waals surface area contributed by atoms with Crippen molar-refractivity contribution in [2.24, 2.45) is 5.41 Å². The monoisotopic (exact) mass is 284 g/mol. The second-order valence-corrected chi connectivity index (χ2v) is 6.83. The van der Waals surface area contributed by atoms with E-state index in [1.54, 1.807) is 0 Å². The van der Waals surface area contributed by atoms with Gasteiger partial charge in [-0.15, -0.1) is 0 Å². The lowest BCUT2D eigenvalue weighted by Gasteiger charge is -2.41. The maximum Gasteiger partial charge on any atom is 0.0589 e. The molecule has 0 saturated heterocycles. The zero-order chi connectivity index (χ0) is 15.2. The summed E-state index contributed by atoms with van der Waals surface area (Å²) in [5.41, 5.74) is 0.401. The molecule has 120 valence electrons. The summed E-state index contributed by atoms with van der Waals surface area (Å²) in [5, 5.41) is 3.76. The number of rotatable bonds is 9. The molecule has 0 amide bonds. The molecule has 1 rings (SSSR count). The van der Waals surface area contributed by atoms with Crippen LogP contribution in [0.25, 0.3) is 0 Å². The minimum atomic E-state index is 0.401. The van der Waals surface area contributed by atoms with E-state index in [0.717, 1.165) is 19.7 Å². The van der Waals surface area contributed by atoms with E-state index in [-0.39, 0.29) is 0 Å². The number of methoxy groups -OCH3 is 1. The third kappa shape index (κ3) is 4.19. The van der Waals surface area contributed by atoms with E-state index >= 15 is 0 Å². The summed E-state index contributed by atoms with van der Waals surface area (Å²) in [6.45, 7) is 14.7. The molecule has 1 N–H and O–H groups in total. The largest absolute Gasteiger partial charge is 0.383 e. The Balaban J connectivity index is 2.87. The van der Waals surface area contributed by atoms with Crippen LogP contribution in [-0.2, 0) is 4.74 Å². The van der Waals surface area contributed by atoms with Gasteiger partial charge in [0.05, 0.1) is 6.61 Å². The molecule has 20 heavy (non-hydrogen) atoms. The molecule has 1 saturated carbocycles. The van der Waals surface area contributed by atoms with Gasteiger partial charge in [0.1, 0.15) is 0 Å². The molecule has 1 aliphatic rings. The highest BCUT2D eigenvalue weighted by atomic mass is 16.5. The maximum atomic E-state index is 5.36. The SMILES string of the molecule is CCNC1C(N(CCOC)C(CC)CC)CCC1(C)C. The highest BCUT2D eigenvalue weighted by Crippen LogP contribution is 2.40. The van der Waals surface area contributed by atoms with Crippen LogP contribution in [0.4, 0.5) is 0 Å². The van der Waals surface area contributed by atoms with Crippen molar-refractivity contribution in [3.05, 3.63) is 0 Å². The molecule has 0 heterocycles. The van der Waals surface area contributed by atoms with Gasteiger partial charge in [-0.3, -0.25) is 4.90 Å². The Morgan fingerprint density at radius 2 is 1.90 bits per heavy atom. The lowest BCUT2D eigenvalue weighted by molar-refractivity contribution is 0.0613. The molecule has 2 unspecified atom stereocenters. The van der Waals surface area contributed by atoms with Crippen LogP contribution in [0.2, 0.25) is 0 Å². The van der Waals surface area contributed by atoms with Crippen molar-refractivity contribution >= 4 is 0 Å². The Labute approximate surface area is 126 Å². The predicted octanol–water partition coefficient (Wildman–Crippen LogP) is 3.29. The summed E-state index contributed by atoms with van der Waals surface area (Å²) in [7, 11) is 1.81. The Morgan fingerprint density at radius 1 is 1.25 bits per heavy atom. The Hall–Kier alpha value is -0.120. The molecule has 2 atom stereocenters. The van der Waals surface area contributed by atoms with E-state index in [9.17, 15) is 0 Å². The first kappa shape index (κ1) is 17.9. The first-order chi connectivity index (χ1) is 9.51. The second-order valence-electron chi connectivity index (χ2n) is 6.83. The topological polar surface area (TPSA) is 24.5 Å². The lowest BCUT2D eigenvalue weighted by atomic mass is 9.86. The van der Waals surface area contributed by atoms with Gasteiger partial charge in [-0.25, -0.2) is 0 Å². The average Bonchev–Trinajstić information content (AvgIpc) is 2.71. The first-order valence-electron chi connectivity index (χ1n) is 8.49. The van der Waals surface area contributed by atoms with Crippen LogP contribution >= 0.6 is 0 Å². The molecule has 0 spiro atoms. The smallest absolute Gasteiger partial charge is 0.0589 e. The van der Waals surface area contributed by atoms with Crippen LogP contribution < -0.4 is 5.32 Å². The van der Waals surface area contributed by atoms with Gasteiger partial charge in [0.2, 0.25) is 0 Å². The van der Waals surface area contributed by atoms with E-state index in [0.29, 0.717) is 23.5 Å². The van der Waals surface area contributed by atoms with Gasteiger partial charge >= 0.3 is 0 Å². The fourth-order valence-corrected chi connectivity index (χ4v) is 3.93. The van der Waals surface area contributed by atoms with Gasteiger partial charge in [-0.1, -0.05) is 34.6 Å². The van der Waals surface area contributed by atoms with Crippen molar-refractivity contribution in [1.82, 2.24) is 10.2 Å². The minimum Gasteiger partial charge on any atom is -0.383 e. The van der Waals surface area contributed by atoms with Gasteiger partial charge < -0.3 is 10.1 Å². The molecular formula is C17H36N2O. The highest BCUT2D eigenvalue weighted by Gasteiger charge is 2.44. The van der Waals surface area contributed by atoms with E-state index in [4.69, 9.17) is 4.74 Å². The third-order valence-corrected chi connectivity index (χ3v) is 5.13. The highest BCUT2D eigenvalue weighted by molar-refractivity contribution is 5.02. The summed E-state index contributed by atoms with van der Waals surface area (Å²) < 4.78 is 5.36. The summed E-state index contributed by atoms with van der Waals surface area (Å²) in [6, 6.07) is 1.94. The molecule has 0 aliphatic heterocycles. The standard InChI is InChI=1S/C17H36N2O/c1-7-14(8-2)19(12-13-20-6)15-10-11-17(4,5)16(15)18-9-3/h14-16,18H,7-13H2,1-6H3. The van der Waals surface area contributed by atoms with Gasteiger partial charge in [-0.2, -0.15) is 0 Å². The number of nitrogens with zero attached hydrogens (tertiary/aromatic N) is 1. The first-order valence-corrected chi connectivity index (χ1v) is 8.49. The molecule has 0 aromatic rings. The number of likely N-dealkylation sites (N-methyl/N-ethyl adjacent to an activating group) is 1. The molecule has 0 bridgehead atoms. The summed E-state index contributed by atoms with van der Waals surface area (Å²) in [4.78, 5) is 2.73. The van der Waals surface area contributed by atoms with Crippen LogP contribution in [0.1, 0.15) is 60.3 Å². The van der Waals surface area contributed by atoms with Crippen LogP contribution in [0.15, 0.2) is 0 Å². The van der Waals surface area contributed by atoms with Crippen molar-refractivity contribution in [1.29, 1.82) is 0 Å². The van der Waals surface area contributed by atoms with Gasteiger partial charge in [0.25, 0.3) is 0 Å². The van der Waals surface area contributed by atoms with Crippen molar-refractivity contribution in [2.45, 2.75) is 78.4 Å². The zero-order valence-corrected chi connectivity index (χ0v) is 14.5. The molecule has 1 aliphatic carbocycles. The summed E-state index contributed by atoms with van der Waals surface area (Å²) >= 11 is 0.